The van der Waals surface area contributed by atoms with E-state index < -0.39 is 47.9 Å². The summed E-state index contributed by atoms with van der Waals surface area (Å²) in [6.07, 6.45) is 1.32. The maximum atomic E-state index is 13.6. The number of aliphatic imine (C=N–C) groups is 1. The number of nitrogens with one attached hydrogen (secondary N) is 3. The van der Waals surface area contributed by atoms with E-state index in [1.54, 1.807) is 30.3 Å². The number of hydrogen-bond acceptors (Lipinski definition) is 6. The van der Waals surface area contributed by atoms with Crippen molar-refractivity contribution in [1.82, 2.24) is 16.0 Å². The molecule has 12 heteroatoms. The number of aliphatic carboxylic acids is 1. The highest BCUT2D eigenvalue weighted by Gasteiger charge is 2.31. The molecule has 0 spiro atoms. The first kappa shape index (κ1) is 33.8. The first-order valence-corrected chi connectivity index (χ1v) is 14.0. The van der Waals surface area contributed by atoms with E-state index in [2.05, 4.69) is 20.9 Å². The molecule has 5 unspecified atom stereocenters. The van der Waals surface area contributed by atoms with Crippen LogP contribution in [0.5, 0.6) is 0 Å². The fraction of sp³-hybridized carbons (Fsp3) is 0.433. The summed E-state index contributed by atoms with van der Waals surface area (Å²) >= 11 is 0. The zero-order valence-electron chi connectivity index (χ0n) is 24.2. The molecule has 0 saturated heterocycles. The van der Waals surface area contributed by atoms with E-state index in [0.29, 0.717) is 12.8 Å². The van der Waals surface area contributed by atoms with Crippen molar-refractivity contribution in [3.05, 3.63) is 71.8 Å². The highest BCUT2D eigenvalue weighted by Crippen LogP contribution is 2.10. The molecule has 5 atom stereocenters. The highest BCUT2D eigenvalue weighted by atomic mass is 16.4. The van der Waals surface area contributed by atoms with E-state index >= 15 is 0 Å². The van der Waals surface area contributed by atoms with Gasteiger partial charge in [0.15, 0.2) is 5.96 Å². The largest absolute Gasteiger partial charge is 0.480 e. The van der Waals surface area contributed by atoms with Crippen molar-refractivity contribution in [3.63, 3.8) is 0 Å². The number of nitrogens with two attached hydrogens (primary N) is 3. The molecule has 228 valence electrons. The SMILES string of the molecule is CCC(C)C(N)C(=O)NC(Cc1ccccc1)C(=O)NC(CCCN=C(N)N)C(=O)NC(Cc1ccccc1)C(=O)O. The molecule has 0 aliphatic rings. The standard InChI is InChI=1S/C30H43N7O5/c1-3-19(2)25(31)28(40)36-23(17-20-11-6-4-7-12-20)27(39)35-22(15-10-16-34-30(32)33)26(38)37-24(29(41)42)18-21-13-8-5-9-14-21/h4-9,11-14,19,22-25H,3,10,15-18,31H2,1-2H3,(H,35,39)(H,36,40)(H,37,38)(H,41,42)(H4,32,33,34). The van der Waals surface area contributed by atoms with Gasteiger partial charge in [0, 0.05) is 19.4 Å². The summed E-state index contributed by atoms with van der Waals surface area (Å²) in [4.78, 5) is 55.8. The molecular weight excluding hydrogens is 538 g/mol. The minimum Gasteiger partial charge on any atom is -0.480 e. The quantitative estimate of drug-likeness (QED) is 0.0788. The van der Waals surface area contributed by atoms with Crippen molar-refractivity contribution in [2.45, 2.75) is 70.1 Å². The highest BCUT2D eigenvalue weighted by molar-refractivity contribution is 5.94. The fourth-order valence-electron chi connectivity index (χ4n) is 4.21. The van der Waals surface area contributed by atoms with E-state index in [1.807, 2.05) is 44.2 Å². The van der Waals surface area contributed by atoms with Crippen LogP contribution in [0.3, 0.4) is 0 Å². The zero-order chi connectivity index (χ0) is 31.1. The second kappa shape index (κ2) is 17.4. The van der Waals surface area contributed by atoms with Crippen LogP contribution < -0.4 is 33.2 Å². The maximum absolute atomic E-state index is 13.6. The number of carboxylic acid groups (broad SMARTS) is 1. The van der Waals surface area contributed by atoms with Gasteiger partial charge in [0.2, 0.25) is 17.7 Å². The zero-order valence-corrected chi connectivity index (χ0v) is 24.2. The van der Waals surface area contributed by atoms with Gasteiger partial charge >= 0.3 is 5.97 Å². The average Bonchev–Trinajstić information content (AvgIpc) is 2.97. The van der Waals surface area contributed by atoms with Crippen LogP contribution in [0.4, 0.5) is 0 Å². The lowest BCUT2D eigenvalue weighted by molar-refractivity contribution is -0.142. The predicted molar refractivity (Wildman–Crippen MR) is 161 cm³/mol. The van der Waals surface area contributed by atoms with Gasteiger partial charge in [0.25, 0.3) is 0 Å². The molecule has 12 nitrogen and oxygen atoms in total. The molecule has 42 heavy (non-hydrogen) atoms. The van der Waals surface area contributed by atoms with Gasteiger partial charge in [-0.25, -0.2) is 4.79 Å². The van der Waals surface area contributed by atoms with Crippen LogP contribution in [-0.4, -0.2) is 65.5 Å². The first-order valence-electron chi connectivity index (χ1n) is 14.0. The molecule has 2 rings (SSSR count). The molecule has 0 bridgehead atoms. The molecule has 0 heterocycles. The van der Waals surface area contributed by atoms with Gasteiger partial charge in [0.1, 0.15) is 18.1 Å². The number of carbonyl (C=O) groups is 4. The third-order valence-electron chi connectivity index (χ3n) is 6.95. The van der Waals surface area contributed by atoms with Gasteiger partial charge in [-0.2, -0.15) is 0 Å². The smallest absolute Gasteiger partial charge is 0.326 e. The van der Waals surface area contributed by atoms with Gasteiger partial charge < -0.3 is 38.3 Å². The Morgan fingerprint density at radius 1 is 0.786 bits per heavy atom. The molecule has 0 aliphatic heterocycles. The Morgan fingerprint density at radius 2 is 1.26 bits per heavy atom. The number of carbonyl (C=O) groups excluding carboxylic acids is 3. The summed E-state index contributed by atoms with van der Waals surface area (Å²) in [6.45, 7) is 3.96. The monoisotopic (exact) mass is 581 g/mol. The second-order valence-corrected chi connectivity index (χ2v) is 10.3. The van der Waals surface area contributed by atoms with Crippen molar-refractivity contribution < 1.29 is 24.3 Å². The van der Waals surface area contributed by atoms with Gasteiger partial charge in [-0.3, -0.25) is 19.4 Å². The van der Waals surface area contributed by atoms with Crippen LogP contribution in [0.1, 0.15) is 44.2 Å². The minimum atomic E-state index is -1.23. The molecule has 2 aromatic carbocycles. The number of benzene rings is 2. The van der Waals surface area contributed by atoms with Crippen molar-refractivity contribution in [2.24, 2.45) is 28.1 Å². The molecule has 0 aromatic heterocycles. The van der Waals surface area contributed by atoms with E-state index in [-0.39, 0.29) is 37.7 Å². The molecule has 2 aromatic rings. The second-order valence-electron chi connectivity index (χ2n) is 10.3. The summed E-state index contributed by atoms with van der Waals surface area (Å²) in [6, 6.07) is 13.8. The van der Waals surface area contributed by atoms with Crippen molar-refractivity contribution >= 4 is 29.7 Å². The Labute approximate surface area is 246 Å². The Morgan fingerprint density at radius 3 is 1.76 bits per heavy atom. The topological polar surface area (TPSA) is 215 Å². The number of carboxylic acids is 1. The Hall–Kier alpha value is -4.45. The molecule has 0 aliphatic carbocycles. The summed E-state index contributed by atoms with van der Waals surface area (Å²) in [5, 5.41) is 17.8. The first-order chi connectivity index (χ1) is 20.0. The number of nitrogens with zero attached hydrogens (tertiary/aromatic N) is 1. The predicted octanol–water partition coefficient (Wildman–Crippen LogP) is 0.438. The summed E-state index contributed by atoms with van der Waals surface area (Å²) in [5.74, 6) is -3.22. The normalized spacial score (nSPS) is 14.4. The summed E-state index contributed by atoms with van der Waals surface area (Å²) in [5.41, 5.74) is 18.4. The lowest BCUT2D eigenvalue weighted by atomic mass is 9.98. The van der Waals surface area contributed by atoms with Crippen LogP contribution in [0.25, 0.3) is 0 Å². The Kier molecular flexibility index (Phi) is 14.0. The summed E-state index contributed by atoms with van der Waals surface area (Å²) < 4.78 is 0. The maximum Gasteiger partial charge on any atom is 0.326 e. The van der Waals surface area contributed by atoms with Crippen LogP contribution in [-0.2, 0) is 32.0 Å². The van der Waals surface area contributed by atoms with Crippen LogP contribution in [0, 0.1) is 5.92 Å². The van der Waals surface area contributed by atoms with Crippen LogP contribution in [0.2, 0.25) is 0 Å². The molecule has 0 fully saturated rings. The van der Waals surface area contributed by atoms with Gasteiger partial charge in [-0.1, -0.05) is 80.9 Å². The summed E-state index contributed by atoms with van der Waals surface area (Å²) in [7, 11) is 0. The number of hydrogen-bond donors (Lipinski definition) is 7. The van der Waals surface area contributed by atoms with Gasteiger partial charge in [0.05, 0.1) is 6.04 Å². The Balaban J connectivity index is 2.26. The van der Waals surface area contributed by atoms with Crippen molar-refractivity contribution in [3.8, 4) is 0 Å². The lowest BCUT2D eigenvalue weighted by Crippen LogP contribution is -2.58. The lowest BCUT2D eigenvalue weighted by Gasteiger charge is -2.26. The van der Waals surface area contributed by atoms with Crippen molar-refractivity contribution in [1.29, 1.82) is 0 Å². The van der Waals surface area contributed by atoms with E-state index in [9.17, 15) is 24.3 Å². The number of rotatable bonds is 17. The van der Waals surface area contributed by atoms with Gasteiger partial charge in [-0.15, -0.1) is 0 Å². The Bertz CT molecular complexity index is 1190. The molecule has 3 amide bonds. The van der Waals surface area contributed by atoms with E-state index in [4.69, 9.17) is 17.2 Å². The van der Waals surface area contributed by atoms with Crippen molar-refractivity contribution in [2.75, 3.05) is 6.54 Å². The van der Waals surface area contributed by atoms with Gasteiger partial charge in [-0.05, 0) is 29.9 Å². The van der Waals surface area contributed by atoms with E-state index in [1.165, 1.54) is 0 Å². The van der Waals surface area contributed by atoms with Crippen LogP contribution in [0.15, 0.2) is 65.7 Å². The molecular formula is C30H43N7O5. The minimum absolute atomic E-state index is 0.0524. The molecule has 0 radical (unpaired) electrons. The fourth-order valence-corrected chi connectivity index (χ4v) is 4.21. The average molecular weight is 582 g/mol. The number of guanidine groups is 1. The number of amides is 3. The third kappa shape index (κ3) is 11.6. The van der Waals surface area contributed by atoms with E-state index in [0.717, 1.165) is 11.1 Å². The molecule has 10 N–H and O–H groups in total. The third-order valence-corrected chi connectivity index (χ3v) is 6.95. The molecule has 0 saturated carbocycles. The van der Waals surface area contributed by atoms with Crippen LogP contribution >= 0.6 is 0 Å².